The van der Waals surface area contributed by atoms with Crippen molar-refractivity contribution >= 4 is 18.0 Å². The van der Waals surface area contributed by atoms with Gasteiger partial charge in [-0.2, -0.15) is 0 Å². The topological polar surface area (TPSA) is 74.6 Å². The molecule has 0 aromatic heterocycles. The summed E-state index contributed by atoms with van der Waals surface area (Å²) in [4.78, 5) is 20.8. The minimum atomic E-state index is -1.04. The zero-order valence-corrected chi connectivity index (χ0v) is 12.2. The first-order valence-electron chi connectivity index (χ1n) is 6.43. The van der Waals surface area contributed by atoms with Gasteiger partial charge in [0.25, 0.3) is 0 Å². The normalized spacial score (nSPS) is 11.1. The number of aliphatic carboxylic acids is 2. The van der Waals surface area contributed by atoms with Crippen LogP contribution in [0.5, 0.6) is 0 Å². The highest BCUT2D eigenvalue weighted by molar-refractivity contribution is 5.89. The van der Waals surface area contributed by atoms with Crippen molar-refractivity contribution in [2.24, 2.45) is 0 Å². The Bertz CT molecular complexity index is 539. The van der Waals surface area contributed by atoms with Gasteiger partial charge in [-0.15, -0.1) is 0 Å². The summed E-state index contributed by atoms with van der Waals surface area (Å²) < 4.78 is 0. The molecule has 0 aliphatic heterocycles. The maximum atomic E-state index is 10.5. The summed E-state index contributed by atoms with van der Waals surface area (Å²) in [7, 11) is 0. The van der Waals surface area contributed by atoms with Gasteiger partial charge < -0.3 is 10.2 Å². The lowest BCUT2D eigenvalue weighted by Crippen LogP contribution is -1.99. The fraction of sp³-hybridized carbons (Fsp3) is 0.176. The van der Waals surface area contributed by atoms with Crippen molar-refractivity contribution < 1.29 is 19.8 Å². The highest BCUT2D eigenvalue weighted by Crippen LogP contribution is 2.02. The number of carbonyl (C=O) groups is 2. The second-order valence-electron chi connectivity index (χ2n) is 4.12. The third-order valence-electron chi connectivity index (χ3n) is 2.56. The molecule has 0 fully saturated rings. The number of carboxylic acid groups (broad SMARTS) is 2. The number of hydrogen-bond donors (Lipinski definition) is 2. The number of carboxylic acids is 2. The van der Waals surface area contributed by atoms with Crippen LogP contribution in [-0.4, -0.2) is 22.2 Å². The van der Waals surface area contributed by atoms with E-state index in [4.69, 9.17) is 10.2 Å². The van der Waals surface area contributed by atoms with E-state index in [0.717, 1.165) is 0 Å². The van der Waals surface area contributed by atoms with Crippen molar-refractivity contribution in [2.75, 3.05) is 0 Å². The fourth-order valence-corrected chi connectivity index (χ4v) is 1.23. The van der Waals surface area contributed by atoms with Crippen LogP contribution >= 0.6 is 0 Å². The maximum Gasteiger partial charge on any atom is 0.331 e. The quantitative estimate of drug-likeness (QED) is 0.639. The molecule has 2 N–H and O–H groups in total. The van der Waals surface area contributed by atoms with Crippen molar-refractivity contribution in [3.63, 3.8) is 0 Å². The molecule has 0 spiro atoms. The Labute approximate surface area is 124 Å². The van der Waals surface area contributed by atoms with Crippen LogP contribution in [0, 0.1) is 0 Å². The molecule has 0 bridgehead atoms. The Hall–Kier alpha value is -2.62. The third-order valence-corrected chi connectivity index (χ3v) is 2.56. The van der Waals surface area contributed by atoms with Gasteiger partial charge in [0, 0.05) is 11.1 Å². The van der Waals surface area contributed by atoms with Crippen LogP contribution in [0.1, 0.15) is 25.8 Å². The van der Waals surface area contributed by atoms with Gasteiger partial charge in [-0.1, -0.05) is 62.1 Å². The molecule has 112 valence electrons. The van der Waals surface area contributed by atoms with Crippen molar-refractivity contribution in [3.8, 4) is 0 Å². The average Bonchev–Trinajstić information content (AvgIpc) is 2.48. The molecule has 0 heterocycles. The van der Waals surface area contributed by atoms with Gasteiger partial charge in [0.2, 0.25) is 0 Å². The minimum absolute atomic E-state index is 0.118. The van der Waals surface area contributed by atoms with Crippen molar-refractivity contribution in [2.45, 2.75) is 20.3 Å². The minimum Gasteiger partial charge on any atom is -0.478 e. The molecule has 0 unspecified atom stereocenters. The van der Waals surface area contributed by atoms with Gasteiger partial charge in [-0.3, -0.25) is 0 Å². The van der Waals surface area contributed by atoms with Crippen molar-refractivity contribution in [3.05, 3.63) is 65.8 Å². The Morgan fingerprint density at radius 1 is 1.10 bits per heavy atom. The van der Waals surface area contributed by atoms with Crippen molar-refractivity contribution in [1.82, 2.24) is 0 Å². The molecule has 0 saturated heterocycles. The molecule has 0 atom stereocenters. The monoisotopic (exact) mass is 288 g/mol. The number of allylic oxidation sites excluding steroid dienone is 2. The van der Waals surface area contributed by atoms with E-state index < -0.39 is 11.9 Å². The molecule has 0 amide bonds. The standard InChI is InChI=1S/C9H12O4.C8H8/c1-3-7(9(12)13)5-4-6(2)8(10)11;1-2-8-6-4-3-5-7-8/h4-5H,3H2,1-2H3,(H,10,11)(H,12,13);2-7H,1H2. The molecule has 21 heavy (non-hydrogen) atoms. The Balaban J connectivity index is 0.000000423. The lowest BCUT2D eigenvalue weighted by Gasteiger charge is -1.94. The molecule has 4 nitrogen and oxygen atoms in total. The van der Waals surface area contributed by atoms with Crippen LogP contribution < -0.4 is 0 Å². The zero-order valence-electron chi connectivity index (χ0n) is 12.2. The van der Waals surface area contributed by atoms with Gasteiger partial charge in [0.15, 0.2) is 0 Å². The summed E-state index contributed by atoms with van der Waals surface area (Å²) >= 11 is 0. The first kappa shape index (κ1) is 18.4. The van der Waals surface area contributed by atoms with E-state index in [1.54, 1.807) is 6.92 Å². The van der Waals surface area contributed by atoms with Crippen LogP contribution in [0.3, 0.4) is 0 Å². The fourth-order valence-electron chi connectivity index (χ4n) is 1.23. The molecule has 0 saturated carbocycles. The summed E-state index contributed by atoms with van der Waals surface area (Å²) in [5.74, 6) is -2.06. The highest BCUT2D eigenvalue weighted by atomic mass is 16.4. The molecule has 0 radical (unpaired) electrons. The van der Waals surface area contributed by atoms with E-state index in [1.165, 1.54) is 24.6 Å². The first-order valence-corrected chi connectivity index (χ1v) is 6.43. The van der Waals surface area contributed by atoms with E-state index in [9.17, 15) is 9.59 Å². The first-order chi connectivity index (χ1) is 9.92. The van der Waals surface area contributed by atoms with E-state index >= 15 is 0 Å². The second kappa shape index (κ2) is 10.2. The Kier molecular flexibility index (Phi) is 8.93. The van der Waals surface area contributed by atoms with Crippen molar-refractivity contribution in [1.29, 1.82) is 0 Å². The van der Waals surface area contributed by atoms with E-state index in [0.29, 0.717) is 6.42 Å². The Morgan fingerprint density at radius 2 is 1.67 bits per heavy atom. The van der Waals surface area contributed by atoms with Gasteiger partial charge in [0.05, 0.1) is 0 Å². The summed E-state index contributed by atoms with van der Waals surface area (Å²) in [5, 5.41) is 17.0. The Morgan fingerprint density at radius 3 is 2.00 bits per heavy atom. The van der Waals surface area contributed by atoms with Crippen LogP contribution in [-0.2, 0) is 9.59 Å². The van der Waals surface area contributed by atoms with Gasteiger partial charge >= 0.3 is 11.9 Å². The maximum absolute atomic E-state index is 10.5. The lowest BCUT2D eigenvalue weighted by molar-refractivity contribution is -0.133. The van der Waals surface area contributed by atoms with Crippen LogP contribution in [0.2, 0.25) is 0 Å². The third kappa shape index (κ3) is 8.21. The molecule has 1 aromatic rings. The SMILES string of the molecule is C=Cc1ccccc1.CCC(=CC=C(C)C(=O)O)C(=O)O. The van der Waals surface area contributed by atoms with Gasteiger partial charge in [-0.05, 0) is 18.9 Å². The molecule has 4 heteroatoms. The van der Waals surface area contributed by atoms with E-state index in [1.807, 2.05) is 36.4 Å². The molecule has 0 aliphatic carbocycles. The molecule has 1 aromatic carbocycles. The van der Waals surface area contributed by atoms with Gasteiger partial charge in [0.1, 0.15) is 0 Å². The van der Waals surface area contributed by atoms with Gasteiger partial charge in [-0.25, -0.2) is 9.59 Å². The van der Waals surface area contributed by atoms with Crippen LogP contribution in [0.4, 0.5) is 0 Å². The number of hydrogen-bond acceptors (Lipinski definition) is 2. The predicted octanol–water partition coefficient (Wildman–Crippen LogP) is 3.77. The largest absolute Gasteiger partial charge is 0.478 e. The molecular formula is C17H20O4. The summed E-state index contributed by atoms with van der Waals surface area (Å²) in [6.45, 7) is 6.74. The highest BCUT2D eigenvalue weighted by Gasteiger charge is 2.03. The predicted molar refractivity (Wildman–Crippen MR) is 83.9 cm³/mol. The number of rotatable bonds is 5. The van der Waals surface area contributed by atoms with E-state index in [2.05, 4.69) is 6.58 Å². The summed E-state index contributed by atoms with van der Waals surface area (Å²) in [6, 6.07) is 10.0. The molecular weight excluding hydrogens is 268 g/mol. The zero-order chi connectivity index (χ0) is 16.3. The smallest absolute Gasteiger partial charge is 0.331 e. The average molecular weight is 288 g/mol. The van der Waals surface area contributed by atoms with Crippen LogP contribution in [0.25, 0.3) is 6.08 Å². The summed E-state index contributed by atoms with van der Waals surface area (Å²) in [6.07, 6.45) is 4.81. The summed E-state index contributed by atoms with van der Waals surface area (Å²) in [5.41, 5.74) is 1.49. The molecule has 1 rings (SSSR count). The lowest BCUT2D eigenvalue weighted by atomic mass is 10.1. The second-order valence-corrected chi connectivity index (χ2v) is 4.12. The number of benzene rings is 1. The van der Waals surface area contributed by atoms with E-state index in [-0.39, 0.29) is 11.1 Å². The van der Waals surface area contributed by atoms with Crippen LogP contribution in [0.15, 0.2) is 60.2 Å². The molecule has 0 aliphatic rings.